The maximum atomic E-state index is 12.4. The van der Waals surface area contributed by atoms with Gasteiger partial charge in [-0.2, -0.15) is 0 Å². The van der Waals surface area contributed by atoms with E-state index in [4.69, 9.17) is 5.73 Å². The number of para-hydroxylation sites is 2. The molecule has 1 aliphatic rings. The van der Waals surface area contributed by atoms with Crippen molar-refractivity contribution in [2.45, 2.75) is 25.4 Å². The molecule has 2 heterocycles. The summed E-state index contributed by atoms with van der Waals surface area (Å²) in [6, 6.07) is 8.23. The number of nitrogens with one attached hydrogen (secondary N) is 2. The van der Waals surface area contributed by atoms with Gasteiger partial charge in [-0.25, -0.2) is 4.98 Å². The molecule has 0 atom stereocenters. The zero-order valence-electron chi connectivity index (χ0n) is 14.6. The molecule has 0 aliphatic carbocycles. The van der Waals surface area contributed by atoms with Crippen LogP contribution in [0.3, 0.4) is 0 Å². The molecule has 4 N–H and O–H groups in total. The van der Waals surface area contributed by atoms with Crippen LogP contribution in [0.2, 0.25) is 0 Å². The second-order valence-electron chi connectivity index (χ2n) is 6.05. The van der Waals surface area contributed by atoms with E-state index in [1.807, 2.05) is 24.3 Å². The van der Waals surface area contributed by atoms with E-state index in [0.29, 0.717) is 18.3 Å². The molecule has 1 aliphatic heterocycles. The summed E-state index contributed by atoms with van der Waals surface area (Å²) in [6.07, 6.45) is 2.20. The van der Waals surface area contributed by atoms with E-state index in [0.717, 1.165) is 42.3 Å². The SMILES string of the molecule is CN1CCC(Nc2ccccc2NC(=O)c2csc(CN)n2)CC1.Cl.Cl. The van der Waals surface area contributed by atoms with Crippen LogP contribution >= 0.6 is 36.2 Å². The van der Waals surface area contributed by atoms with Gasteiger partial charge in [-0.3, -0.25) is 4.79 Å². The second-order valence-corrected chi connectivity index (χ2v) is 6.99. The fourth-order valence-corrected chi connectivity index (χ4v) is 3.44. The largest absolute Gasteiger partial charge is 0.381 e. The molecule has 0 saturated carbocycles. The molecule has 1 fully saturated rings. The smallest absolute Gasteiger partial charge is 0.275 e. The lowest BCUT2D eigenvalue weighted by Crippen LogP contribution is -2.36. The highest BCUT2D eigenvalue weighted by Gasteiger charge is 2.18. The predicted octanol–water partition coefficient (Wildman–Crippen LogP) is 3.20. The number of rotatable bonds is 5. The molecular weight excluding hydrogens is 393 g/mol. The molecule has 9 heteroatoms. The fourth-order valence-electron chi connectivity index (χ4n) is 2.79. The minimum atomic E-state index is -0.205. The topological polar surface area (TPSA) is 83.3 Å². The van der Waals surface area contributed by atoms with Crippen molar-refractivity contribution in [2.75, 3.05) is 30.8 Å². The zero-order chi connectivity index (χ0) is 16.9. The van der Waals surface area contributed by atoms with Crippen LogP contribution in [-0.4, -0.2) is 42.0 Å². The Kier molecular flexibility index (Phi) is 9.32. The first-order valence-corrected chi connectivity index (χ1v) is 9.03. The van der Waals surface area contributed by atoms with Crippen molar-refractivity contribution in [3.8, 4) is 0 Å². The number of thiazole rings is 1. The number of halogens is 2. The van der Waals surface area contributed by atoms with Gasteiger partial charge in [0, 0.05) is 18.0 Å². The monoisotopic (exact) mass is 417 g/mol. The van der Waals surface area contributed by atoms with Crippen molar-refractivity contribution in [3.05, 3.63) is 40.3 Å². The molecule has 1 aromatic heterocycles. The lowest BCUT2D eigenvalue weighted by molar-refractivity contribution is 0.102. The molecule has 2 aromatic rings. The summed E-state index contributed by atoms with van der Waals surface area (Å²) in [4.78, 5) is 19.0. The molecule has 0 bridgehead atoms. The Hall–Kier alpha value is -1.38. The minimum absolute atomic E-state index is 0. The van der Waals surface area contributed by atoms with Gasteiger partial charge in [0.15, 0.2) is 0 Å². The number of nitrogens with two attached hydrogens (primary N) is 1. The molecule has 0 spiro atoms. The summed E-state index contributed by atoms with van der Waals surface area (Å²) < 4.78 is 0. The average molecular weight is 418 g/mol. The third-order valence-electron chi connectivity index (χ3n) is 4.21. The second kappa shape index (κ2) is 10.7. The van der Waals surface area contributed by atoms with Gasteiger partial charge in [-0.05, 0) is 45.1 Å². The minimum Gasteiger partial charge on any atom is -0.381 e. The van der Waals surface area contributed by atoms with Crippen LogP contribution in [0.25, 0.3) is 0 Å². The first-order chi connectivity index (χ1) is 11.7. The van der Waals surface area contributed by atoms with E-state index in [1.54, 1.807) is 5.38 Å². The summed E-state index contributed by atoms with van der Waals surface area (Å²) >= 11 is 1.40. The van der Waals surface area contributed by atoms with Crippen molar-refractivity contribution < 1.29 is 4.79 Å². The normalized spacial score (nSPS) is 14.8. The van der Waals surface area contributed by atoms with Crippen molar-refractivity contribution in [2.24, 2.45) is 5.73 Å². The number of piperidine rings is 1. The molecule has 6 nitrogen and oxygen atoms in total. The maximum absolute atomic E-state index is 12.4. The highest BCUT2D eigenvalue weighted by molar-refractivity contribution is 7.09. The molecule has 1 aromatic carbocycles. The Labute approximate surface area is 170 Å². The fraction of sp³-hybridized carbons (Fsp3) is 0.412. The van der Waals surface area contributed by atoms with E-state index >= 15 is 0 Å². The van der Waals surface area contributed by atoms with E-state index in [-0.39, 0.29) is 30.7 Å². The maximum Gasteiger partial charge on any atom is 0.275 e. The molecule has 1 amide bonds. The Morgan fingerprint density at radius 3 is 2.54 bits per heavy atom. The summed E-state index contributed by atoms with van der Waals surface area (Å²) in [5, 5.41) is 9.02. The number of carbonyl (C=O) groups excluding carboxylic acids is 1. The van der Waals surface area contributed by atoms with Gasteiger partial charge >= 0.3 is 0 Å². The third kappa shape index (κ3) is 5.82. The van der Waals surface area contributed by atoms with Gasteiger partial charge in [-0.1, -0.05) is 12.1 Å². The Bertz CT molecular complexity index is 704. The lowest BCUT2D eigenvalue weighted by Gasteiger charge is -2.30. The quantitative estimate of drug-likeness (QED) is 0.695. The standard InChI is InChI=1S/C17H23N5OS.2ClH/c1-22-8-6-12(7-9-22)19-13-4-2-3-5-14(13)21-17(23)15-11-24-16(10-18)20-15;;/h2-5,11-12,19H,6-10,18H2,1H3,(H,21,23);2*1H. The summed E-state index contributed by atoms with van der Waals surface area (Å²) in [7, 11) is 2.15. The number of aromatic nitrogens is 1. The van der Waals surface area contributed by atoms with E-state index < -0.39 is 0 Å². The number of carbonyl (C=O) groups is 1. The predicted molar refractivity (Wildman–Crippen MR) is 113 cm³/mol. The van der Waals surface area contributed by atoms with Crippen molar-refractivity contribution >= 4 is 53.4 Å². The number of nitrogens with zero attached hydrogens (tertiary/aromatic N) is 2. The number of hydrogen-bond donors (Lipinski definition) is 3. The number of benzene rings is 1. The average Bonchev–Trinajstić information content (AvgIpc) is 3.08. The number of amides is 1. The van der Waals surface area contributed by atoms with Crippen LogP contribution in [0.5, 0.6) is 0 Å². The van der Waals surface area contributed by atoms with Gasteiger partial charge < -0.3 is 21.3 Å². The molecule has 1 saturated heterocycles. The van der Waals surface area contributed by atoms with Crippen LogP contribution in [0.4, 0.5) is 11.4 Å². The van der Waals surface area contributed by atoms with Crippen LogP contribution in [0.15, 0.2) is 29.6 Å². The van der Waals surface area contributed by atoms with Crippen LogP contribution in [0.1, 0.15) is 28.3 Å². The first-order valence-electron chi connectivity index (χ1n) is 8.15. The highest BCUT2D eigenvalue weighted by Crippen LogP contribution is 2.25. The van der Waals surface area contributed by atoms with Crippen molar-refractivity contribution in [1.82, 2.24) is 9.88 Å². The van der Waals surface area contributed by atoms with Crippen LogP contribution in [0, 0.1) is 0 Å². The molecule has 144 valence electrons. The van der Waals surface area contributed by atoms with E-state index in [9.17, 15) is 4.79 Å². The van der Waals surface area contributed by atoms with Gasteiger partial charge in [0.1, 0.15) is 10.7 Å². The van der Waals surface area contributed by atoms with Gasteiger partial charge in [0.05, 0.1) is 11.4 Å². The summed E-state index contributed by atoms with van der Waals surface area (Å²) in [6.45, 7) is 2.53. The first kappa shape index (κ1) is 22.7. The molecule has 0 radical (unpaired) electrons. The van der Waals surface area contributed by atoms with Gasteiger partial charge in [-0.15, -0.1) is 36.2 Å². The summed E-state index contributed by atoms with van der Waals surface area (Å²) in [5.41, 5.74) is 7.70. The number of hydrogen-bond acceptors (Lipinski definition) is 6. The lowest BCUT2D eigenvalue weighted by atomic mass is 10.0. The van der Waals surface area contributed by atoms with E-state index in [2.05, 4.69) is 27.6 Å². The Balaban J connectivity index is 0.00000169. The molecule has 26 heavy (non-hydrogen) atoms. The summed E-state index contributed by atoms with van der Waals surface area (Å²) in [5.74, 6) is -0.205. The van der Waals surface area contributed by atoms with Gasteiger partial charge in [0.25, 0.3) is 5.91 Å². The van der Waals surface area contributed by atoms with Crippen LogP contribution < -0.4 is 16.4 Å². The Morgan fingerprint density at radius 2 is 1.92 bits per heavy atom. The van der Waals surface area contributed by atoms with Gasteiger partial charge in [0.2, 0.25) is 0 Å². The van der Waals surface area contributed by atoms with Crippen molar-refractivity contribution in [3.63, 3.8) is 0 Å². The molecule has 3 rings (SSSR count). The van der Waals surface area contributed by atoms with E-state index in [1.165, 1.54) is 11.3 Å². The third-order valence-corrected chi connectivity index (χ3v) is 5.08. The zero-order valence-corrected chi connectivity index (χ0v) is 17.1. The van der Waals surface area contributed by atoms with Crippen molar-refractivity contribution in [1.29, 1.82) is 0 Å². The molecular formula is C17H25Cl2N5OS. The highest BCUT2D eigenvalue weighted by atomic mass is 35.5. The van der Waals surface area contributed by atoms with Crippen LogP contribution in [-0.2, 0) is 6.54 Å². The number of likely N-dealkylation sites (tertiary alicyclic amines) is 1. The number of anilines is 2. The molecule has 0 unspecified atom stereocenters. The Morgan fingerprint density at radius 1 is 1.27 bits per heavy atom.